The van der Waals surface area contributed by atoms with Crippen LogP contribution in [0.15, 0.2) is 0 Å². The second-order valence-electron chi connectivity index (χ2n) is 5.15. The standard InChI is InChI=1S/C13H18N2S/c16-13-10-4-2-1-3-5-11(10)14-12(15-13)8-9-6-7-9/h9H,1-8H2,(H,14,15,16). The summed E-state index contributed by atoms with van der Waals surface area (Å²) in [6.45, 7) is 0. The van der Waals surface area contributed by atoms with E-state index in [1.54, 1.807) is 0 Å². The first-order chi connectivity index (χ1) is 7.83. The van der Waals surface area contributed by atoms with Crippen molar-refractivity contribution in [1.82, 2.24) is 9.97 Å². The van der Waals surface area contributed by atoms with Crippen LogP contribution in [0.25, 0.3) is 0 Å². The molecule has 0 aromatic carbocycles. The summed E-state index contributed by atoms with van der Waals surface area (Å²) in [5.74, 6) is 2.01. The molecule has 0 amide bonds. The molecule has 0 unspecified atom stereocenters. The smallest absolute Gasteiger partial charge is 0.133 e. The van der Waals surface area contributed by atoms with Gasteiger partial charge in [-0.1, -0.05) is 18.6 Å². The van der Waals surface area contributed by atoms with Gasteiger partial charge in [-0.05, 0) is 44.4 Å². The highest BCUT2D eigenvalue weighted by molar-refractivity contribution is 7.71. The Bertz CT molecular complexity index is 446. The summed E-state index contributed by atoms with van der Waals surface area (Å²) < 4.78 is 0.867. The van der Waals surface area contributed by atoms with Gasteiger partial charge in [0, 0.05) is 17.7 Å². The molecule has 2 aliphatic rings. The molecule has 86 valence electrons. The highest BCUT2D eigenvalue weighted by atomic mass is 32.1. The summed E-state index contributed by atoms with van der Waals surface area (Å²) in [5, 5.41) is 0. The molecule has 1 heterocycles. The van der Waals surface area contributed by atoms with Crippen molar-refractivity contribution < 1.29 is 0 Å². The second-order valence-corrected chi connectivity index (χ2v) is 5.54. The molecule has 0 aliphatic heterocycles. The fourth-order valence-electron chi connectivity index (χ4n) is 2.54. The van der Waals surface area contributed by atoms with Crippen LogP contribution < -0.4 is 0 Å². The molecule has 3 rings (SSSR count). The van der Waals surface area contributed by atoms with Gasteiger partial charge < -0.3 is 4.98 Å². The Morgan fingerprint density at radius 3 is 2.81 bits per heavy atom. The Balaban J connectivity index is 1.94. The molecule has 1 aromatic rings. The average molecular weight is 234 g/mol. The minimum Gasteiger partial charge on any atom is -0.347 e. The van der Waals surface area contributed by atoms with Crippen LogP contribution in [0.1, 0.15) is 49.2 Å². The SMILES string of the molecule is S=c1nc(CC2CC2)[nH]c2c1CCCCC2. The fraction of sp³-hybridized carbons (Fsp3) is 0.692. The first kappa shape index (κ1) is 10.5. The molecule has 0 saturated heterocycles. The van der Waals surface area contributed by atoms with E-state index in [0.29, 0.717) is 0 Å². The van der Waals surface area contributed by atoms with Gasteiger partial charge in [0.15, 0.2) is 0 Å². The van der Waals surface area contributed by atoms with E-state index in [-0.39, 0.29) is 0 Å². The van der Waals surface area contributed by atoms with Crippen molar-refractivity contribution >= 4 is 12.2 Å². The number of nitrogens with one attached hydrogen (secondary N) is 1. The van der Waals surface area contributed by atoms with Gasteiger partial charge in [0.05, 0.1) is 0 Å². The molecule has 16 heavy (non-hydrogen) atoms. The maximum Gasteiger partial charge on any atom is 0.133 e. The Morgan fingerprint density at radius 2 is 2.00 bits per heavy atom. The summed E-state index contributed by atoms with van der Waals surface area (Å²) in [6.07, 6.45) is 10.0. The topological polar surface area (TPSA) is 28.7 Å². The number of hydrogen-bond acceptors (Lipinski definition) is 2. The molecule has 0 radical (unpaired) electrons. The van der Waals surface area contributed by atoms with Crippen LogP contribution in [0, 0.1) is 10.6 Å². The fourth-order valence-corrected chi connectivity index (χ4v) is 2.88. The van der Waals surface area contributed by atoms with Crippen LogP contribution in [-0.4, -0.2) is 9.97 Å². The largest absolute Gasteiger partial charge is 0.347 e. The van der Waals surface area contributed by atoms with Crippen molar-refractivity contribution in [3.63, 3.8) is 0 Å². The number of aryl methyl sites for hydroxylation is 1. The van der Waals surface area contributed by atoms with Crippen LogP contribution in [-0.2, 0) is 19.3 Å². The van der Waals surface area contributed by atoms with Crippen molar-refractivity contribution in [2.75, 3.05) is 0 Å². The molecule has 0 spiro atoms. The van der Waals surface area contributed by atoms with E-state index in [9.17, 15) is 0 Å². The Morgan fingerprint density at radius 1 is 1.19 bits per heavy atom. The molecule has 1 aromatic heterocycles. The van der Waals surface area contributed by atoms with Gasteiger partial charge in [0.1, 0.15) is 10.5 Å². The van der Waals surface area contributed by atoms with Crippen LogP contribution in [0.2, 0.25) is 0 Å². The van der Waals surface area contributed by atoms with Gasteiger partial charge in [-0.15, -0.1) is 0 Å². The zero-order chi connectivity index (χ0) is 11.0. The van der Waals surface area contributed by atoms with Crippen molar-refractivity contribution in [3.05, 3.63) is 21.7 Å². The molecular formula is C13H18N2S. The molecule has 0 atom stereocenters. The second kappa shape index (κ2) is 4.28. The lowest BCUT2D eigenvalue weighted by Gasteiger charge is -2.08. The summed E-state index contributed by atoms with van der Waals surface area (Å²) >= 11 is 5.43. The van der Waals surface area contributed by atoms with Gasteiger partial charge in [-0.2, -0.15) is 0 Å². The van der Waals surface area contributed by atoms with E-state index in [1.807, 2.05) is 0 Å². The van der Waals surface area contributed by atoms with Gasteiger partial charge in [-0.3, -0.25) is 0 Å². The van der Waals surface area contributed by atoms with Gasteiger partial charge in [0.25, 0.3) is 0 Å². The van der Waals surface area contributed by atoms with Crippen molar-refractivity contribution in [2.45, 2.75) is 51.4 Å². The number of rotatable bonds is 2. The number of nitrogens with zero attached hydrogens (tertiary/aromatic N) is 1. The van der Waals surface area contributed by atoms with Crippen LogP contribution >= 0.6 is 12.2 Å². The van der Waals surface area contributed by atoms with Crippen LogP contribution in [0.3, 0.4) is 0 Å². The maximum atomic E-state index is 5.43. The van der Waals surface area contributed by atoms with E-state index in [1.165, 1.54) is 49.8 Å². The lowest BCUT2D eigenvalue weighted by atomic mass is 10.1. The zero-order valence-corrected chi connectivity index (χ0v) is 10.4. The number of H-pyrrole nitrogens is 1. The monoisotopic (exact) mass is 234 g/mol. The van der Waals surface area contributed by atoms with Crippen molar-refractivity contribution in [2.24, 2.45) is 5.92 Å². The maximum absolute atomic E-state index is 5.43. The highest BCUT2D eigenvalue weighted by Crippen LogP contribution is 2.32. The molecule has 2 aliphatic carbocycles. The molecule has 1 fully saturated rings. The molecule has 0 bridgehead atoms. The Labute approximate surface area is 102 Å². The molecular weight excluding hydrogens is 216 g/mol. The summed E-state index contributed by atoms with van der Waals surface area (Å²) in [6, 6.07) is 0. The van der Waals surface area contributed by atoms with Crippen molar-refractivity contribution in [1.29, 1.82) is 0 Å². The van der Waals surface area contributed by atoms with Crippen molar-refractivity contribution in [3.8, 4) is 0 Å². The number of aromatic amines is 1. The Kier molecular flexibility index (Phi) is 2.80. The first-order valence-corrected chi connectivity index (χ1v) is 6.84. The molecule has 1 N–H and O–H groups in total. The summed E-state index contributed by atoms with van der Waals surface area (Å²) in [5.41, 5.74) is 2.71. The predicted molar refractivity (Wildman–Crippen MR) is 67.1 cm³/mol. The van der Waals surface area contributed by atoms with Gasteiger partial charge in [-0.25, -0.2) is 4.98 Å². The third kappa shape index (κ3) is 2.19. The third-order valence-electron chi connectivity index (χ3n) is 3.69. The summed E-state index contributed by atoms with van der Waals surface area (Å²) in [4.78, 5) is 8.11. The minimum absolute atomic E-state index is 0.867. The van der Waals surface area contributed by atoms with E-state index in [2.05, 4.69) is 9.97 Å². The normalized spacial score (nSPS) is 20.2. The van der Waals surface area contributed by atoms with E-state index in [4.69, 9.17) is 12.2 Å². The first-order valence-electron chi connectivity index (χ1n) is 6.44. The lowest BCUT2D eigenvalue weighted by molar-refractivity contribution is 0.706. The van der Waals surface area contributed by atoms with Gasteiger partial charge >= 0.3 is 0 Å². The predicted octanol–water partition coefficient (Wildman–Crippen LogP) is 3.36. The van der Waals surface area contributed by atoms with Crippen LogP contribution in [0.5, 0.6) is 0 Å². The van der Waals surface area contributed by atoms with Crippen LogP contribution in [0.4, 0.5) is 0 Å². The lowest BCUT2D eigenvalue weighted by Crippen LogP contribution is -2.05. The molecule has 1 saturated carbocycles. The zero-order valence-electron chi connectivity index (χ0n) is 9.59. The third-order valence-corrected chi connectivity index (χ3v) is 4.02. The summed E-state index contributed by atoms with van der Waals surface area (Å²) in [7, 11) is 0. The molecule has 2 nitrogen and oxygen atoms in total. The van der Waals surface area contributed by atoms with Gasteiger partial charge in [0.2, 0.25) is 0 Å². The number of fused-ring (bicyclic) bond motifs is 1. The average Bonchev–Trinajstić information content (AvgIpc) is 3.04. The molecule has 3 heteroatoms. The highest BCUT2D eigenvalue weighted by Gasteiger charge is 2.23. The number of hydrogen-bond donors (Lipinski definition) is 1. The Hall–Kier alpha value is -0.700. The van der Waals surface area contributed by atoms with E-state index >= 15 is 0 Å². The number of aromatic nitrogens is 2. The quantitative estimate of drug-likeness (QED) is 0.628. The van der Waals surface area contributed by atoms with E-state index in [0.717, 1.165) is 29.2 Å². The van der Waals surface area contributed by atoms with E-state index < -0.39 is 0 Å². The minimum atomic E-state index is 0.867.